The summed E-state index contributed by atoms with van der Waals surface area (Å²) in [7, 11) is -3.10. The zero-order valence-corrected chi connectivity index (χ0v) is 89.9. The van der Waals surface area contributed by atoms with Gasteiger partial charge in [-0.05, 0) is 299 Å². The van der Waals surface area contributed by atoms with Crippen LogP contribution in [0.5, 0.6) is 0 Å². The van der Waals surface area contributed by atoms with Gasteiger partial charge >= 0.3 is 0 Å². The number of rotatable bonds is 28. The number of likely N-dealkylation sites (tertiary alicyclic amines) is 4. The number of amides is 8. The molecule has 42 heteroatoms. The molecule has 145 heavy (non-hydrogen) atoms. The van der Waals surface area contributed by atoms with Crippen LogP contribution in [0.4, 0.5) is 40.8 Å². The van der Waals surface area contributed by atoms with Crippen LogP contribution in [0, 0.1) is 39.5 Å². The number of halogens is 4. The lowest BCUT2D eigenvalue weighted by molar-refractivity contribution is 0.0115. The zero-order chi connectivity index (χ0) is 105. The van der Waals surface area contributed by atoms with Crippen molar-refractivity contribution in [3.63, 3.8) is 0 Å². The molecule has 10 aliphatic rings. The molecule has 10 fully saturated rings. The van der Waals surface area contributed by atoms with Gasteiger partial charge in [-0.15, -0.1) is 45.3 Å². The van der Waals surface area contributed by atoms with Crippen molar-refractivity contribution in [2.75, 3.05) is 59.0 Å². The number of pyridine rings is 4. The van der Waals surface area contributed by atoms with Crippen LogP contribution in [-0.2, 0) is 9.84 Å². The SMILES string of the molecule is Cc1cc(NC2(C)CCC2)ncc1-c1sc(C(=O)NC2CC(O)C2)nc1C(=O)N1CC(F)(F)C[C@@H]1C.Cc1cc(NC2(C)CCC2)ncc1-c1sc(C(=O)NC2CCS(=O)(=O)CC2)nc1C(=O)N1CC(F)(F)C[C@@H]1C.Cc1cc(N[C@@H](C)C2CC2)ncc1-c1sc(C(=O)N[C@@H](C)C(C)(C)O)nc1C(=O)N1CCC[C@@H]1C.Cc1cc(N[C@@H](C)C2CC2)ncc1-c1sc(C(=O)N[C@H](C)C(C)(C)O)nc1C(=O)N1CCC[C@@H]1C. The Hall–Kier alpha value is -10.4. The molecule has 5 aliphatic carbocycles. The van der Waals surface area contributed by atoms with Crippen LogP contribution >= 0.6 is 45.3 Å². The third-order valence-electron chi connectivity index (χ3n) is 30.1. The fourth-order valence-electron chi connectivity index (χ4n) is 19.3. The molecule has 0 aromatic carbocycles. The third-order valence-corrected chi connectivity index (χ3v) is 36.1. The van der Waals surface area contributed by atoms with Gasteiger partial charge in [0, 0.05) is 132 Å². The van der Waals surface area contributed by atoms with E-state index in [9.17, 15) is 79.7 Å². The number of aromatic nitrogens is 8. The molecular formula is C103H138F4N20O13S5. The first-order valence-corrected chi connectivity index (χ1v) is 55.7. The number of aliphatic hydroxyl groups excluding tert-OH is 1. The van der Waals surface area contributed by atoms with E-state index >= 15 is 0 Å². The van der Waals surface area contributed by atoms with E-state index in [4.69, 9.17) is 0 Å². The van der Waals surface area contributed by atoms with Gasteiger partial charge < -0.3 is 77.5 Å². The highest BCUT2D eigenvalue weighted by atomic mass is 32.2. The Kier molecular flexibility index (Phi) is 32.6. The van der Waals surface area contributed by atoms with E-state index in [1.807, 2.05) is 75.6 Å². The standard InChI is InChI=1S/C26H33F2N5O4S2.2C26H37N5O3S.C25H31F2N5O3S/c1-15-11-19(32-25(3)7-4-8-25)29-13-18(15)21-20(24(35)33-14-26(27,28)12-16(33)2)31-23(38-21)22(34)30-17-5-9-39(36,37)10-6-17;2*1-14-12-20(28-16(3)18-9-10-18)27-13-19(14)22-21(25(33)31-11-7-8-15(31)2)30-24(35-22)23(32)29-17(4)26(5,6)34;1-13-7-18(31-24(3)5-4-6-24)28-11-17(13)20-19(23(35)32-12-25(26,27)10-14(32)2)30-22(36-20)21(34)29-15-8-16(33)9-15/h11,13,16-17H,4-10,12,14H2,1-3H3,(H,29,32)(H,30,34);2*12-13,15-18,34H,7-11H2,1-6H3,(H,27,28)(H,29,32);7,11,14-16,33H,4-6,8-10,12H2,1-3H3,(H,28,31)(H,29,34)/t16-;15-,16-,17+;15-,16-,17-;14-,15?,16?/m0000/s1. The molecule has 0 radical (unpaired) electrons. The molecule has 5 aliphatic heterocycles. The minimum absolute atomic E-state index is 0.00381. The second-order valence-corrected chi connectivity index (χ2v) is 49.8. The van der Waals surface area contributed by atoms with E-state index in [2.05, 4.69) is 110 Å². The van der Waals surface area contributed by atoms with E-state index in [-0.39, 0.29) is 90.0 Å². The molecule has 0 spiro atoms. The summed E-state index contributed by atoms with van der Waals surface area (Å²) < 4.78 is 79.9. The summed E-state index contributed by atoms with van der Waals surface area (Å²) in [6.45, 7) is 33.7. The molecule has 8 aromatic heterocycles. The van der Waals surface area contributed by atoms with Crippen LogP contribution in [0.15, 0.2) is 49.1 Å². The Labute approximate surface area is 860 Å². The van der Waals surface area contributed by atoms with Crippen LogP contribution in [0.3, 0.4) is 0 Å². The predicted molar refractivity (Wildman–Crippen MR) is 555 cm³/mol. The van der Waals surface area contributed by atoms with Gasteiger partial charge in [0.1, 0.15) is 55.9 Å². The van der Waals surface area contributed by atoms with Gasteiger partial charge in [0.15, 0.2) is 20.0 Å². The normalized spacial score (nSPS) is 22.5. The fourth-order valence-corrected chi connectivity index (χ4v) is 24.9. The number of aliphatic hydroxyl groups is 3. The number of carbonyl (C=O) groups excluding carboxylic acids is 8. The van der Waals surface area contributed by atoms with Crippen molar-refractivity contribution >= 4 is 126 Å². The van der Waals surface area contributed by atoms with E-state index in [0.29, 0.717) is 111 Å². The number of nitrogens with one attached hydrogen (secondary N) is 8. The van der Waals surface area contributed by atoms with Crippen molar-refractivity contribution in [1.29, 1.82) is 0 Å². The first-order valence-electron chi connectivity index (χ1n) is 50.6. The minimum atomic E-state index is -3.10. The number of alkyl halides is 4. The molecule has 0 unspecified atom stereocenters. The van der Waals surface area contributed by atoms with Gasteiger partial charge in [-0.1, -0.05) is 0 Å². The molecule has 5 saturated carbocycles. The Morgan fingerprint density at radius 3 is 1.01 bits per heavy atom. The summed E-state index contributed by atoms with van der Waals surface area (Å²) in [5.41, 5.74) is 4.77. The van der Waals surface area contributed by atoms with Crippen LogP contribution in [0.1, 0.15) is 329 Å². The average molecular weight is 2100 g/mol. The molecule has 5 saturated heterocycles. The number of thiazole rings is 4. The summed E-state index contributed by atoms with van der Waals surface area (Å²) in [5.74, 6) is -4.84. The average Bonchev–Trinajstić information content (AvgIpc) is 1.63. The number of carbonyl (C=O) groups is 8. The number of nitrogens with zero attached hydrogens (tertiary/aromatic N) is 12. The van der Waals surface area contributed by atoms with Crippen molar-refractivity contribution in [2.45, 2.75) is 354 Å². The first kappa shape index (κ1) is 109. The summed E-state index contributed by atoms with van der Waals surface area (Å²) in [6, 6.07) is 6.01. The van der Waals surface area contributed by atoms with Crippen molar-refractivity contribution in [3.8, 4) is 41.8 Å². The monoisotopic (exact) mass is 2100 g/mol. The molecule has 0 bridgehead atoms. The van der Waals surface area contributed by atoms with Gasteiger partial charge in [0.05, 0.1) is 73.5 Å². The molecule has 8 aromatic rings. The second-order valence-electron chi connectivity index (χ2n) is 43.5. The van der Waals surface area contributed by atoms with Crippen LogP contribution in [0.2, 0.25) is 0 Å². The number of hydrogen-bond acceptors (Lipinski definition) is 29. The van der Waals surface area contributed by atoms with Crippen molar-refractivity contribution in [1.82, 2.24) is 80.7 Å². The maximum atomic E-state index is 14.1. The second kappa shape index (κ2) is 43.4. The van der Waals surface area contributed by atoms with Crippen molar-refractivity contribution in [2.24, 2.45) is 11.8 Å². The Morgan fingerprint density at radius 1 is 0.434 bits per heavy atom. The lowest BCUT2D eigenvalue weighted by Gasteiger charge is -2.39. The Morgan fingerprint density at radius 2 is 0.738 bits per heavy atom. The lowest BCUT2D eigenvalue weighted by Crippen LogP contribution is -2.47. The minimum Gasteiger partial charge on any atom is -0.393 e. The summed E-state index contributed by atoms with van der Waals surface area (Å²) >= 11 is 4.46. The maximum Gasteiger partial charge on any atom is 0.280 e. The Bertz CT molecular complexity index is 6110. The molecule has 11 N–H and O–H groups in total. The molecule has 33 nitrogen and oxygen atoms in total. The zero-order valence-electron chi connectivity index (χ0n) is 85.9. The van der Waals surface area contributed by atoms with Gasteiger partial charge in [-0.3, -0.25) is 38.4 Å². The fraction of sp³-hybridized carbons (Fsp3) is 0.612. The van der Waals surface area contributed by atoms with Crippen LogP contribution < -0.4 is 42.5 Å². The Balaban J connectivity index is 0.000000145. The van der Waals surface area contributed by atoms with Crippen LogP contribution in [-0.4, -0.2) is 269 Å². The number of sulfone groups is 1. The van der Waals surface area contributed by atoms with E-state index in [0.717, 1.165) is 141 Å². The van der Waals surface area contributed by atoms with Crippen molar-refractivity contribution in [3.05, 3.63) is 114 Å². The van der Waals surface area contributed by atoms with Gasteiger partial charge in [0.2, 0.25) is 0 Å². The number of aryl methyl sites for hydroxylation is 4. The molecule has 786 valence electrons. The number of hydrogen-bond donors (Lipinski definition) is 11. The predicted octanol–water partition coefficient (Wildman–Crippen LogP) is 16.5. The van der Waals surface area contributed by atoms with Gasteiger partial charge in [-0.2, -0.15) is 0 Å². The first-order chi connectivity index (χ1) is 68.1. The summed E-state index contributed by atoms with van der Waals surface area (Å²) in [5, 5.41) is 55.7. The van der Waals surface area contributed by atoms with Crippen LogP contribution in [0.25, 0.3) is 41.8 Å². The van der Waals surface area contributed by atoms with E-state index in [1.54, 1.807) is 80.2 Å². The molecule has 8 amide bonds. The molecule has 8 atom stereocenters. The quantitative estimate of drug-likeness (QED) is 0.0203. The summed E-state index contributed by atoms with van der Waals surface area (Å²) in [4.78, 5) is 150. The molecule has 18 rings (SSSR count). The highest BCUT2D eigenvalue weighted by Crippen LogP contribution is 2.46. The highest BCUT2D eigenvalue weighted by Gasteiger charge is 2.50. The lowest BCUT2D eigenvalue weighted by atomic mass is 9.78. The van der Waals surface area contributed by atoms with Crippen molar-refractivity contribution < 1.29 is 79.7 Å². The largest absolute Gasteiger partial charge is 0.393 e. The summed E-state index contributed by atoms with van der Waals surface area (Å²) in [6.07, 6.45) is 22.5. The van der Waals surface area contributed by atoms with Gasteiger partial charge in [0.25, 0.3) is 59.1 Å². The molecular weight excluding hydrogens is 1960 g/mol. The van der Waals surface area contributed by atoms with Gasteiger partial charge in [-0.25, -0.2) is 65.9 Å². The topological polar surface area (TPSA) is 444 Å². The highest BCUT2D eigenvalue weighted by molar-refractivity contribution is 7.91. The third kappa shape index (κ3) is 26.1. The maximum absolute atomic E-state index is 14.1. The number of anilines is 4. The smallest absolute Gasteiger partial charge is 0.280 e. The van der Waals surface area contributed by atoms with E-state index < -0.39 is 125 Å². The molecule has 13 heterocycles. The van der Waals surface area contributed by atoms with E-state index in [1.165, 1.54) is 54.8 Å².